The minimum absolute atomic E-state index is 0.0455. The van der Waals surface area contributed by atoms with E-state index in [2.05, 4.69) is 10.6 Å². The molecule has 1 aliphatic heterocycles. The Hall–Kier alpha value is -2.24. The first-order chi connectivity index (χ1) is 14.0. The van der Waals surface area contributed by atoms with E-state index in [1.807, 2.05) is 43.0 Å². The largest absolute Gasteiger partial charge is 0.491 e. The Labute approximate surface area is 174 Å². The highest BCUT2D eigenvalue weighted by atomic mass is 16.5. The monoisotopic (exact) mass is 401 g/mol. The van der Waals surface area contributed by atoms with Crippen molar-refractivity contribution in [2.75, 3.05) is 13.1 Å². The normalized spacial score (nSPS) is 18.1. The van der Waals surface area contributed by atoms with E-state index in [-0.39, 0.29) is 24.1 Å². The summed E-state index contributed by atoms with van der Waals surface area (Å²) in [5.41, 5.74) is 1.02. The number of piperidine rings is 1. The van der Waals surface area contributed by atoms with Gasteiger partial charge in [0.1, 0.15) is 5.75 Å². The molecule has 1 saturated heterocycles. The van der Waals surface area contributed by atoms with Gasteiger partial charge < -0.3 is 20.3 Å². The summed E-state index contributed by atoms with van der Waals surface area (Å²) in [6.45, 7) is 5.82. The van der Waals surface area contributed by atoms with Crippen molar-refractivity contribution in [1.29, 1.82) is 0 Å². The van der Waals surface area contributed by atoms with Crippen LogP contribution in [0.2, 0.25) is 0 Å². The Morgan fingerprint density at radius 2 is 1.86 bits per heavy atom. The van der Waals surface area contributed by atoms with Crippen molar-refractivity contribution in [1.82, 2.24) is 15.5 Å². The van der Waals surface area contributed by atoms with Crippen molar-refractivity contribution in [3.05, 3.63) is 29.8 Å². The summed E-state index contributed by atoms with van der Waals surface area (Å²) in [5, 5.41) is 6.17. The van der Waals surface area contributed by atoms with Crippen molar-refractivity contribution in [2.24, 2.45) is 5.92 Å². The van der Waals surface area contributed by atoms with Gasteiger partial charge >= 0.3 is 6.03 Å². The molecule has 0 aromatic heterocycles. The minimum atomic E-state index is -0.0455. The van der Waals surface area contributed by atoms with Crippen LogP contribution in [0.5, 0.6) is 5.75 Å². The summed E-state index contributed by atoms with van der Waals surface area (Å²) in [6.07, 6.45) is 7.35. The summed E-state index contributed by atoms with van der Waals surface area (Å²) < 4.78 is 5.71. The fraction of sp³-hybridized carbons (Fsp3) is 0.652. The second-order valence-corrected chi connectivity index (χ2v) is 8.66. The summed E-state index contributed by atoms with van der Waals surface area (Å²) in [4.78, 5) is 26.6. The smallest absolute Gasteiger partial charge is 0.317 e. The number of carbonyl (C=O) groups is 2. The Morgan fingerprint density at radius 3 is 2.55 bits per heavy atom. The third-order valence-corrected chi connectivity index (χ3v) is 5.81. The highest BCUT2D eigenvalue weighted by molar-refractivity contribution is 5.77. The number of nitrogens with zero attached hydrogens (tertiary/aromatic N) is 1. The minimum Gasteiger partial charge on any atom is -0.491 e. The lowest BCUT2D eigenvalue weighted by atomic mass is 10.0. The predicted molar refractivity (Wildman–Crippen MR) is 114 cm³/mol. The van der Waals surface area contributed by atoms with Crippen LogP contribution < -0.4 is 15.4 Å². The molecule has 3 rings (SSSR count). The van der Waals surface area contributed by atoms with Gasteiger partial charge in [0.15, 0.2) is 0 Å². The molecule has 2 N–H and O–H groups in total. The van der Waals surface area contributed by atoms with Crippen LogP contribution >= 0.6 is 0 Å². The first-order valence-corrected chi connectivity index (χ1v) is 11.1. The summed E-state index contributed by atoms with van der Waals surface area (Å²) >= 11 is 0. The van der Waals surface area contributed by atoms with Crippen LogP contribution in [0.15, 0.2) is 24.3 Å². The van der Waals surface area contributed by atoms with E-state index in [1.54, 1.807) is 0 Å². The zero-order chi connectivity index (χ0) is 20.6. The van der Waals surface area contributed by atoms with Gasteiger partial charge in [0, 0.05) is 32.1 Å². The van der Waals surface area contributed by atoms with Gasteiger partial charge in [-0.15, -0.1) is 0 Å². The van der Waals surface area contributed by atoms with Crippen molar-refractivity contribution >= 4 is 11.9 Å². The SMILES string of the molecule is CC(C)Oc1cccc(CNC(=O)N2CCC(NC(=O)CC3CCCC3)CC2)c1. The van der Waals surface area contributed by atoms with Crippen molar-refractivity contribution in [3.63, 3.8) is 0 Å². The van der Waals surface area contributed by atoms with E-state index in [1.165, 1.54) is 25.7 Å². The van der Waals surface area contributed by atoms with E-state index in [0.717, 1.165) is 24.2 Å². The number of ether oxygens (including phenoxy) is 1. The van der Waals surface area contributed by atoms with E-state index < -0.39 is 0 Å². The molecule has 2 fully saturated rings. The first kappa shape index (κ1) is 21.5. The molecule has 0 unspecified atom stereocenters. The Morgan fingerprint density at radius 1 is 1.14 bits per heavy atom. The van der Waals surface area contributed by atoms with Gasteiger partial charge in [-0.3, -0.25) is 4.79 Å². The van der Waals surface area contributed by atoms with Crippen LogP contribution in [0.25, 0.3) is 0 Å². The van der Waals surface area contributed by atoms with Gasteiger partial charge in [-0.25, -0.2) is 4.79 Å². The van der Waals surface area contributed by atoms with Gasteiger partial charge in [-0.2, -0.15) is 0 Å². The topological polar surface area (TPSA) is 70.7 Å². The molecule has 160 valence electrons. The zero-order valence-electron chi connectivity index (χ0n) is 17.8. The van der Waals surface area contributed by atoms with Gasteiger partial charge in [-0.05, 0) is 63.1 Å². The van der Waals surface area contributed by atoms with Crippen LogP contribution in [-0.4, -0.2) is 42.1 Å². The lowest BCUT2D eigenvalue weighted by Gasteiger charge is -2.32. The summed E-state index contributed by atoms with van der Waals surface area (Å²) in [5.74, 6) is 1.58. The summed E-state index contributed by atoms with van der Waals surface area (Å²) in [7, 11) is 0. The number of nitrogens with one attached hydrogen (secondary N) is 2. The molecule has 0 atom stereocenters. The highest BCUT2D eigenvalue weighted by Crippen LogP contribution is 2.27. The zero-order valence-corrected chi connectivity index (χ0v) is 17.8. The summed E-state index contributed by atoms with van der Waals surface area (Å²) in [6, 6.07) is 7.97. The Kier molecular flexibility index (Phi) is 7.78. The number of hydrogen-bond acceptors (Lipinski definition) is 3. The highest BCUT2D eigenvalue weighted by Gasteiger charge is 2.25. The van der Waals surface area contributed by atoms with E-state index in [4.69, 9.17) is 4.74 Å². The molecule has 1 aliphatic carbocycles. The number of likely N-dealkylation sites (tertiary alicyclic amines) is 1. The van der Waals surface area contributed by atoms with Crippen LogP contribution in [-0.2, 0) is 11.3 Å². The molecular weight excluding hydrogens is 366 g/mol. The lowest BCUT2D eigenvalue weighted by Crippen LogP contribution is -2.49. The molecule has 1 aromatic carbocycles. The van der Waals surface area contributed by atoms with E-state index >= 15 is 0 Å². The Balaban J connectivity index is 1.37. The number of rotatable bonds is 7. The maximum Gasteiger partial charge on any atom is 0.317 e. The fourth-order valence-electron chi connectivity index (χ4n) is 4.28. The first-order valence-electron chi connectivity index (χ1n) is 11.1. The van der Waals surface area contributed by atoms with Crippen molar-refractivity contribution < 1.29 is 14.3 Å². The van der Waals surface area contributed by atoms with Gasteiger partial charge in [0.2, 0.25) is 5.91 Å². The average molecular weight is 402 g/mol. The number of urea groups is 1. The van der Waals surface area contributed by atoms with Crippen molar-refractivity contribution in [2.45, 2.75) is 77.5 Å². The quantitative estimate of drug-likeness (QED) is 0.729. The molecule has 1 aromatic rings. The maximum atomic E-state index is 12.5. The standard InChI is InChI=1S/C23H35N3O3/c1-17(2)29-21-9-5-8-19(14-21)16-24-23(28)26-12-10-20(11-13-26)25-22(27)15-18-6-3-4-7-18/h5,8-9,14,17-18,20H,3-4,6-7,10-13,15-16H2,1-2H3,(H,24,28)(H,25,27). The average Bonchev–Trinajstić information content (AvgIpc) is 3.19. The Bertz CT molecular complexity index is 678. The molecule has 3 amide bonds. The number of carbonyl (C=O) groups excluding carboxylic acids is 2. The number of benzene rings is 1. The molecule has 6 heteroatoms. The molecule has 6 nitrogen and oxygen atoms in total. The molecular formula is C23H35N3O3. The van der Waals surface area contributed by atoms with E-state index in [0.29, 0.717) is 32.0 Å². The third-order valence-electron chi connectivity index (χ3n) is 5.81. The number of amides is 3. The third kappa shape index (κ3) is 6.94. The molecule has 0 bridgehead atoms. The second kappa shape index (κ2) is 10.5. The molecule has 0 spiro atoms. The van der Waals surface area contributed by atoms with Crippen molar-refractivity contribution in [3.8, 4) is 5.75 Å². The second-order valence-electron chi connectivity index (χ2n) is 8.66. The van der Waals surface area contributed by atoms with Gasteiger partial charge in [0.05, 0.1) is 6.10 Å². The van der Waals surface area contributed by atoms with Gasteiger partial charge in [0.25, 0.3) is 0 Å². The van der Waals surface area contributed by atoms with Crippen LogP contribution in [0, 0.1) is 5.92 Å². The molecule has 1 heterocycles. The molecule has 1 saturated carbocycles. The van der Waals surface area contributed by atoms with E-state index in [9.17, 15) is 9.59 Å². The predicted octanol–water partition coefficient (Wildman–Crippen LogP) is 3.84. The fourth-order valence-corrected chi connectivity index (χ4v) is 4.28. The number of hydrogen-bond donors (Lipinski definition) is 2. The van der Waals surface area contributed by atoms with Crippen LogP contribution in [0.1, 0.15) is 64.4 Å². The maximum absolute atomic E-state index is 12.5. The van der Waals surface area contributed by atoms with Gasteiger partial charge in [-0.1, -0.05) is 25.0 Å². The molecule has 2 aliphatic rings. The van der Waals surface area contributed by atoms with Crippen LogP contribution in [0.3, 0.4) is 0 Å². The molecule has 0 radical (unpaired) electrons. The molecule has 29 heavy (non-hydrogen) atoms. The lowest BCUT2D eigenvalue weighted by molar-refractivity contribution is -0.122. The van der Waals surface area contributed by atoms with Crippen LogP contribution in [0.4, 0.5) is 4.79 Å².